The third-order valence-corrected chi connectivity index (χ3v) is 9.47. The van der Waals surface area contributed by atoms with Crippen LogP contribution in [-0.4, -0.2) is 74.9 Å². The van der Waals surface area contributed by atoms with Gasteiger partial charge >= 0.3 is 19.8 Å². The van der Waals surface area contributed by atoms with E-state index in [0.29, 0.717) is 23.9 Å². The maximum Gasteiger partial charge on any atom is 0.472 e. The smallest absolute Gasteiger partial charge is 0.462 e. The van der Waals surface area contributed by atoms with Gasteiger partial charge in [-0.2, -0.15) is 0 Å². The van der Waals surface area contributed by atoms with Crippen molar-refractivity contribution in [2.24, 2.45) is 0 Å². The van der Waals surface area contributed by atoms with Crippen molar-refractivity contribution in [3.63, 3.8) is 0 Å². The molecule has 0 aromatic carbocycles. The van der Waals surface area contributed by atoms with E-state index in [4.69, 9.17) is 18.5 Å². The second-order valence-corrected chi connectivity index (χ2v) is 16.8. The van der Waals surface area contributed by atoms with Crippen LogP contribution in [0, 0.1) is 0 Å². The SMILES string of the molecule is CC/C=C\C/C=C\C/C=C\C/C=C\C/C=C\C/C=C\CCCCC(=O)OC(COC(=O)CCCC/C=C\C/C=C\C/C=C\C/C=C\CC)COP(=O)(O)OCC[N+](C)(C)C. The van der Waals surface area contributed by atoms with E-state index >= 15 is 0 Å². The Morgan fingerprint density at radius 2 is 0.883 bits per heavy atom. The lowest BCUT2D eigenvalue weighted by Crippen LogP contribution is -2.37. The third kappa shape index (κ3) is 44.0. The Kier molecular flexibility index (Phi) is 38.4. The lowest BCUT2D eigenvalue weighted by atomic mass is 10.1. The number of esters is 2. The van der Waals surface area contributed by atoms with Gasteiger partial charge in [-0.1, -0.05) is 135 Å². The summed E-state index contributed by atoms with van der Waals surface area (Å²) < 4.78 is 34.2. The first-order valence-corrected chi connectivity index (χ1v) is 23.8. The van der Waals surface area contributed by atoms with E-state index in [1.54, 1.807) is 0 Å². The first-order valence-electron chi connectivity index (χ1n) is 22.3. The quantitative estimate of drug-likeness (QED) is 0.0215. The number of likely N-dealkylation sites (N-methyl/N-ethyl adjacent to an activating group) is 1. The number of hydrogen-bond donors (Lipinski definition) is 1. The molecule has 2 atom stereocenters. The summed E-state index contributed by atoms with van der Waals surface area (Å²) in [5.74, 6) is -0.914. The van der Waals surface area contributed by atoms with Crippen LogP contribution in [0.2, 0.25) is 0 Å². The number of phosphoric acid groups is 1. The van der Waals surface area contributed by atoms with Gasteiger partial charge in [0.2, 0.25) is 0 Å². The fraction of sp³-hybridized carbons (Fsp3) is 0.560. The van der Waals surface area contributed by atoms with Crippen molar-refractivity contribution in [2.45, 2.75) is 136 Å². The molecule has 10 heteroatoms. The monoisotopic (exact) mass is 855 g/mol. The Bertz CT molecular complexity index is 1430. The van der Waals surface area contributed by atoms with Crippen molar-refractivity contribution in [3.8, 4) is 0 Å². The molecule has 0 aromatic heterocycles. The van der Waals surface area contributed by atoms with Crippen LogP contribution >= 0.6 is 7.82 Å². The molecule has 0 aliphatic carbocycles. The van der Waals surface area contributed by atoms with Crippen LogP contribution in [0.1, 0.15) is 129 Å². The van der Waals surface area contributed by atoms with E-state index < -0.39 is 32.5 Å². The number of allylic oxidation sites excluding steroid dienone is 20. The Hall–Kier alpha value is -3.59. The number of carbonyl (C=O) groups is 2. The predicted molar refractivity (Wildman–Crippen MR) is 251 cm³/mol. The Balaban J connectivity index is 4.53. The topological polar surface area (TPSA) is 108 Å². The van der Waals surface area contributed by atoms with E-state index in [0.717, 1.165) is 89.9 Å². The van der Waals surface area contributed by atoms with Crippen LogP contribution in [0.3, 0.4) is 0 Å². The van der Waals surface area contributed by atoms with Gasteiger partial charge in [0.25, 0.3) is 0 Å². The van der Waals surface area contributed by atoms with Gasteiger partial charge in [-0.05, 0) is 103 Å². The van der Waals surface area contributed by atoms with Crippen molar-refractivity contribution < 1.29 is 42.1 Å². The molecule has 0 spiro atoms. The number of quaternary nitrogens is 1. The summed E-state index contributed by atoms with van der Waals surface area (Å²) in [6, 6.07) is 0. The molecule has 2 unspecified atom stereocenters. The largest absolute Gasteiger partial charge is 0.472 e. The number of nitrogens with zero attached hydrogens (tertiary/aromatic N) is 1. The molecule has 0 aliphatic heterocycles. The maximum absolute atomic E-state index is 12.7. The Morgan fingerprint density at radius 1 is 0.517 bits per heavy atom. The molecule has 0 aliphatic rings. The fourth-order valence-corrected chi connectivity index (χ4v) is 5.81. The van der Waals surface area contributed by atoms with Gasteiger partial charge in [-0.25, -0.2) is 4.57 Å². The third-order valence-electron chi connectivity index (χ3n) is 8.49. The predicted octanol–water partition coefficient (Wildman–Crippen LogP) is 12.9. The molecule has 0 saturated carbocycles. The molecular weight excluding hydrogens is 774 g/mol. The van der Waals surface area contributed by atoms with E-state index in [1.165, 1.54) is 0 Å². The van der Waals surface area contributed by atoms with Gasteiger partial charge in [0, 0.05) is 12.8 Å². The Morgan fingerprint density at radius 3 is 1.27 bits per heavy atom. The Labute approximate surface area is 365 Å². The van der Waals surface area contributed by atoms with Gasteiger partial charge < -0.3 is 18.9 Å². The molecule has 0 saturated heterocycles. The first kappa shape index (κ1) is 56.4. The molecule has 0 rings (SSSR count). The average Bonchev–Trinajstić information content (AvgIpc) is 3.20. The minimum Gasteiger partial charge on any atom is -0.462 e. The zero-order valence-corrected chi connectivity index (χ0v) is 38.8. The molecule has 9 nitrogen and oxygen atoms in total. The highest BCUT2D eigenvalue weighted by Gasteiger charge is 2.27. The maximum atomic E-state index is 12.7. The summed E-state index contributed by atoms with van der Waals surface area (Å²) in [6.45, 7) is 4.05. The van der Waals surface area contributed by atoms with Crippen LogP contribution in [0.4, 0.5) is 0 Å². The molecule has 60 heavy (non-hydrogen) atoms. The second-order valence-electron chi connectivity index (χ2n) is 15.3. The highest BCUT2D eigenvalue weighted by molar-refractivity contribution is 7.47. The average molecular weight is 855 g/mol. The lowest BCUT2D eigenvalue weighted by molar-refractivity contribution is -0.870. The summed E-state index contributed by atoms with van der Waals surface area (Å²) >= 11 is 0. The molecule has 0 radical (unpaired) electrons. The van der Waals surface area contributed by atoms with Gasteiger partial charge in [-0.15, -0.1) is 0 Å². The van der Waals surface area contributed by atoms with Crippen molar-refractivity contribution in [3.05, 3.63) is 122 Å². The van der Waals surface area contributed by atoms with Crippen LogP contribution in [0.15, 0.2) is 122 Å². The standard InChI is InChI=1S/C50H80NO8P/c1-6-8-10-12-14-16-18-20-22-23-24-25-26-27-29-31-33-35-37-39-41-43-50(53)59-48(47-58-60(54,55)57-45-44-51(3,4)5)46-56-49(52)42-40-38-36-34-32-30-28-21-19-17-15-13-11-9-7-2/h8-11,14-17,20-22,24-25,27-29,32-35,48H,6-7,12-13,18-19,23,26,30-31,36-47H2,1-5H3/p+1/b10-8-,11-9-,16-14-,17-15-,22-20-,25-24-,28-21-,29-27-,34-32-,35-33-. The molecule has 338 valence electrons. The molecule has 1 N–H and O–H groups in total. The number of rotatable bonds is 38. The molecule has 0 amide bonds. The molecule has 0 heterocycles. The van der Waals surface area contributed by atoms with Crippen molar-refractivity contribution >= 4 is 19.8 Å². The fourth-order valence-electron chi connectivity index (χ4n) is 5.06. The van der Waals surface area contributed by atoms with Gasteiger partial charge in [0.15, 0.2) is 6.10 Å². The number of unbranched alkanes of at least 4 members (excludes halogenated alkanes) is 4. The molecule has 0 bridgehead atoms. The van der Waals surface area contributed by atoms with Crippen molar-refractivity contribution in [2.75, 3.05) is 47.5 Å². The number of hydrogen-bond acceptors (Lipinski definition) is 7. The summed E-state index contributed by atoms with van der Waals surface area (Å²) in [5.41, 5.74) is 0. The van der Waals surface area contributed by atoms with Crippen LogP contribution < -0.4 is 0 Å². The molecule has 0 fully saturated rings. The van der Waals surface area contributed by atoms with Crippen LogP contribution in [0.25, 0.3) is 0 Å². The van der Waals surface area contributed by atoms with Crippen LogP contribution in [0.5, 0.6) is 0 Å². The van der Waals surface area contributed by atoms with Gasteiger partial charge in [0.05, 0.1) is 27.7 Å². The highest BCUT2D eigenvalue weighted by atomic mass is 31.2. The van der Waals surface area contributed by atoms with E-state index in [2.05, 4.69) is 135 Å². The minimum absolute atomic E-state index is 0.00833. The second kappa shape index (κ2) is 40.8. The van der Waals surface area contributed by atoms with Crippen molar-refractivity contribution in [1.82, 2.24) is 0 Å². The number of carbonyl (C=O) groups excluding carboxylic acids is 2. The van der Waals surface area contributed by atoms with Crippen molar-refractivity contribution in [1.29, 1.82) is 0 Å². The lowest BCUT2D eigenvalue weighted by Gasteiger charge is -2.24. The van der Waals surface area contributed by atoms with E-state index in [1.807, 2.05) is 21.1 Å². The number of ether oxygens (including phenoxy) is 2. The molecular formula is C50H81NO8P+. The number of phosphoric ester groups is 1. The minimum atomic E-state index is -4.41. The van der Waals surface area contributed by atoms with E-state index in [-0.39, 0.29) is 26.1 Å². The molecule has 0 aromatic rings. The highest BCUT2D eigenvalue weighted by Crippen LogP contribution is 2.43. The van der Waals surface area contributed by atoms with E-state index in [9.17, 15) is 19.0 Å². The van der Waals surface area contributed by atoms with Gasteiger partial charge in [0.1, 0.15) is 19.8 Å². The first-order chi connectivity index (χ1) is 29.0. The summed E-state index contributed by atoms with van der Waals surface area (Å²) in [4.78, 5) is 35.4. The summed E-state index contributed by atoms with van der Waals surface area (Å²) in [5, 5.41) is 0. The zero-order valence-electron chi connectivity index (χ0n) is 37.9. The normalized spacial score (nSPS) is 14.7. The van der Waals surface area contributed by atoms with Gasteiger partial charge in [-0.3, -0.25) is 18.6 Å². The van der Waals surface area contributed by atoms with Crippen LogP contribution in [-0.2, 0) is 32.7 Å². The summed E-state index contributed by atoms with van der Waals surface area (Å²) in [6.07, 6.45) is 56.9. The zero-order chi connectivity index (χ0) is 44.3. The summed E-state index contributed by atoms with van der Waals surface area (Å²) in [7, 11) is 1.40.